The smallest absolute Gasteiger partial charge is 0.242 e. The van der Waals surface area contributed by atoms with E-state index in [1.54, 1.807) is 0 Å². The molecule has 3 aromatic rings. The highest BCUT2D eigenvalue weighted by atomic mass is 28.4. The van der Waals surface area contributed by atoms with Crippen LogP contribution in [0.15, 0.2) is 47.5 Å². The molecule has 0 aliphatic carbocycles. The topological polar surface area (TPSA) is 39.4 Å². The Hall–Kier alpha value is -2.40. The van der Waals surface area contributed by atoms with E-state index in [0.29, 0.717) is 0 Å². The first-order chi connectivity index (χ1) is 11.3. The lowest BCUT2D eigenvalue weighted by Gasteiger charge is -2.20. The number of aryl methyl sites for hydroxylation is 2. The predicted octanol–water partition coefficient (Wildman–Crippen LogP) is 4.85. The number of aromatic nitrogens is 2. The van der Waals surface area contributed by atoms with E-state index in [0.717, 1.165) is 33.9 Å². The summed E-state index contributed by atoms with van der Waals surface area (Å²) < 4.78 is 8.21. The van der Waals surface area contributed by atoms with Crippen LogP contribution in [0.1, 0.15) is 11.4 Å². The van der Waals surface area contributed by atoms with Crippen molar-refractivity contribution in [2.75, 3.05) is 0 Å². The molecule has 0 saturated heterocycles. The van der Waals surface area contributed by atoms with Crippen LogP contribution in [0.5, 0.6) is 5.75 Å². The van der Waals surface area contributed by atoms with Crippen LogP contribution in [0, 0.1) is 6.92 Å². The number of imidazole rings is 1. The highest BCUT2D eigenvalue weighted by Gasteiger charge is 2.18. The Balaban J connectivity index is 1.98. The van der Waals surface area contributed by atoms with Crippen LogP contribution in [0.3, 0.4) is 0 Å². The van der Waals surface area contributed by atoms with E-state index in [1.807, 2.05) is 42.1 Å². The number of nitrogens with zero attached hydrogens (tertiary/aromatic N) is 3. The van der Waals surface area contributed by atoms with Crippen LogP contribution in [0.4, 0.5) is 5.69 Å². The van der Waals surface area contributed by atoms with Gasteiger partial charge in [-0.2, -0.15) is 0 Å². The third-order valence-electron chi connectivity index (χ3n) is 3.67. The second kappa shape index (κ2) is 6.24. The van der Waals surface area contributed by atoms with Crippen LogP contribution in [-0.2, 0) is 7.05 Å². The molecule has 1 aromatic heterocycles. The molecule has 124 valence electrons. The van der Waals surface area contributed by atoms with Crippen LogP contribution in [0.2, 0.25) is 19.6 Å². The number of hydrogen-bond acceptors (Lipinski definition) is 3. The van der Waals surface area contributed by atoms with E-state index in [2.05, 4.69) is 54.7 Å². The fourth-order valence-corrected chi connectivity index (χ4v) is 3.38. The zero-order chi connectivity index (χ0) is 17.3. The number of para-hydroxylation sites is 2. The summed E-state index contributed by atoms with van der Waals surface area (Å²) in [5.41, 5.74) is 4.09. The highest BCUT2D eigenvalue weighted by Crippen LogP contribution is 2.30. The van der Waals surface area contributed by atoms with E-state index in [-0.39, 0.29) is 0 Å². The van der Waals surface area contributed by atoms with Gasteiger partial charge in [-0.1, -0.05) is 18.2 Å². The Labute approximate surface area is 144 Å². The average Bonchev–Trinajstić information content (AvgIpc) is 2.83. The molecule has 0 aliphatic rings. The van der Waals surface area contributed by atoms with Crippen LogP contribution < -0.4 is 4.43 Å². The molecule has 0 radical (unpaired) electrons. The maximum atomic E-state index is 6.16. The summed E-state index contributed by atoms with van der Waals surface area (Å²) in [5.74, 6) is 1.67. The van der Waals surface area contributed by atoms with Crippen LogP contribution in [-0.4, -0.2) is 24.1 Å². The van der Waals surface area contributed by atoms with Crippen molar-refractivity contribution in [1.82, 2.24) is 9.55 Å². The van der Waals surface area contributed by atoms with Crippen molar-refractivity contribution in [2.45, 2.75) is 26.6 Å². The van der Waals surface area contributed by atoms with Gasteiger partial charge in [0.2, 0.25) is 8.32 Å². The van der Waals surface area contributed by atoms with Gasteiger partial charge in [0.05, 0.1) is 17.2 Å². The molecular weight excluding hydrogens is 314 g/mol. The summed E-state index contributed by atoms with van der Waals surface area (Å²) in [6.45, 7) is 8.58. The maximum Gasteiger partial charge on any atom is 0.242 e. The van der Waals surface area contributed by atoms with Crippen LogP contribution in [0.25, 0.3) is 11.0 Å². The van der Waals surface area contributed by atoms with Gasteiger partial charge in [-0.15, -0.1) is 0 Å². The molecule has 0 bridgehead atoms. The van der Waals surface area contributed by atoms with Crippen LogP contribution >= 0.6 is 0 Å². The van der Waals surface area contributed by atoms with E-state index in [1.165, 1.54) is 0 Å². The van der Waals surface area contributed by atoms with Crippen molar-refractivity contribution in [3.05, 3.63) is 53.9 Å². The van der Waals surface area contributed by atoms with Gasteiger partial charge in [0.15, 0.2) is 5.82 Å². The minimum absolute atomic E-state index is 0.830. The summed E-state index contributed by atoms with van der Waals surface area (Å²) in [7, 11) is 0.319. The van der Waals surface area contributed by atoms with Gasteiger partial charge in [-0.25, -0.2) is 9.98 Å². The molecule has 3 rings (SSSR count). The second-order valence-electron chi connectivity index (χ2n) is 6.96. The molecule has 0 spiro atoms. The number of fused-ring (bicyclic) bond motifs is 1. The molecule has 0 aliphatic heterocycles. The minimum Gasteiger partial charge on any atom is -0.543 e. The quantitative estimate of drug-likeness (QED) is 0.504. The first-order valence-corrected chi connectivity index (χ1v) is 11.5. The first-order valence-electron chi connectivity index (χ1n) is 8.09. The number of benzene rings is 2. The summed E-state index contributed by atoms with van der Waals surface area (Å²) in [4.78, 5) is 9.30. The van der Waals surface area contributed by atoms with Crippen molar-refractivity contribution in [3.63, 3.8) is 0 Å². The van der Waals surface area contributed by atoms with E-state index < -0.39 is 8.32 Å². The van der Waals surface area contributed by atoms with E-state index >= 15 is 0 Å². The number of hydrogen-bond donors (Lipinski definition) is 0. The van der Waals surface area contributed by atoms with Gasteiger partial charge >= 0.3 is 0 Å². The fourth-order valence-electron chi connectivity index (χ4n) is 2.55. The Morgan fingerprint density at radius 2 is 1.88 bits per heavy atom. The minimum atomic E-state index is -1.69. The normalized spacial score (nSPS) is 12.2. The first kappa shape index (κ1) is 16.5. The van der Waals surface area contributed by atoms with Crippen molar-refractivity contribution < 1.29 is 4.43 Å². The highest BCUT2D eigenvalue weighted by molar-refractivity contribution is 6.70. The Morgan fingerprint density at radius 3 is 2.58 bits per heavy atom. The fraction of sp³-hybridized carbons (Fsp3) is 0.263. The molecule has 5 heteroatoms. The summed E-state index contributed by atoms with van der Waals surface area (Å²) in [6, 6.07) is 14.2. The van der Waals surface area contributed by atoms with Gasteiger partial charge in [0.25, 0.3) is 0 Å². The molecule has 0 N–H and O–H groups in total. The zero-order valence-electron chi connectivity index (χ0n) is 14.9. The Kier molecular flexibility index (Phi) is 4.28. The van der Waals surface area contributed by atoms with Crippen molar-refractivity contribution >= 4 is 31.3 Å². The van der Waals surface area contributed by atoms with Gasteiger partial charge in [0, 0.05) is 7.05 Å². The Morgan fingerprint density at radius 1 is 1.12 bits per heavy atom. The third kappa shape index (κ3) is 3.57. The van der Waals surface area contributed by atoms with Gasteiger partial charge in [-0.3, -0.25) is 0 Å². The van der Waals surface area contributed by atoms with E-state index in [9.17, 15) is 0 Å². The molecule has 0 unspecified atom stereocenters. The standard InChI is InChI=1S/C19H23N3OSi/c1-14-10-11-18(23-24(3,4)5)16(12-14)20-13-19-21-15-8-6-7-9-17(15)22(19)2/h6-13H,1-5H3. The lowest BCUT2D eigenvalue weighted by Crippen LogP contribution is -2.29. The van der Waals surface area contributed by atoms with Gasteiger partial charge < -0.3 is 8.99 Å². The average molecular weight is 337 g/mol. The summed E-state index contributed by atoms with van der Waals surface area (Å²) in [6.07, 6.45) is 1.81. The zero-order valence-corrected chi connectivity index (χ0v) is 15.9. The van der Waals surface area contributed by atoms with Crippen molar-refractivity contribution in [3.8, 4) is 5.75 Å². The molecule has 24 heavy (non-hydrogen) atoms. The lowest BCUT2D eigenvalue weighted by atomic mass is 10.2. The molecule has 1 heterocycles. The molecule has 0 amide bonds. The Bertz CT molecular complexity index is 907. The largest absolute Gasteiger partial charge is 0.543 e. The molecule has 0 saturated carbocycles. The van der Waals surface area contributed by atoms with Gasteiger partial charge in [0.1, 0.15) is 11.4 Å². The molecule has 4 nitrogen and oxygen atoms in total. The maximum absolute atomic E-state index is 6.16. The lowest BCUT2D eigenvalue weighted by molar-refractivity contribution is 0.559. The van der Waals surface area contributed by atoms with Crippen molar-refractivity contribution in [1.29, 1.82) is 0 Å². The SMILES string of the molecule is Cc1ccc(O[Si](C)(C)C)c(N=Cc2nc3ccccc3n2C)c1. The second-order valence-corrected chi connectivity index (χ2v) is 11.4. The summed E-state index contributed by atoms with van der Waals surface area (Å²) in [5, 5.41) is 0. The van der Waals surface area contributed by atoms with E-state index in [4.69, 9.17) is 4.43 Å². The number of rotatable bonds is 4. The molecule has 0 fully saturated rings. The summed E-state index contributed by atoms with van der Waals surface area (Å²) >= 11 is 0. The predicted molar refractivity (Wildman–Crippen MR) is 103 cm³/mol. The van der Waals surface area contributed by atoms with Crippen molar-refractivity contribution in [2.24, 2.45) is 12.0 Å². The molecule has 2 aromatic carbocycles. The number of aliphatic imine (C=N–C) groups is 1. The third-order valence-corrected chi connectivity index (χ3v) is 4.50. The molecule has 0 atom stereocenters. The molecular formula is C19H23N3OSi. The van der Waals surface area contributed by atoms with Gasteiger partial charge in [-0.05, 0) is 56.4 Å². The monoisotopic (exact) mass is 337 g/mol.